The third kappa shape index (κ3) is 5.17. The van der Waals surface area contributed by atoms with Crippen LogP contribution in [0.25, 0.3) is 11.0 Å². The molecule has 194 valence electrons. The zero-order valence-corrected chi connectivity index (χ0v) is 20.5. The van der Waals surface area contributed by atoms with Gasteiger partial charge < -0.3 is 24.8 Å². The summed E-state index contributed by atoms with van der Waals surface area (Å²) in [6, 6.07) is 8.73. The van der Waals surface area contributed by atoms with Crippen molar-refractivity contribution in [1.29, 1.82) is 0 Å². The molecule has 2 aliphatic rings. The van der Waals surface area contributed by atoms with Crippen molar-refractivity contribution < 1.29 is 28.2 Å². The molecule has 2 aromatic heterocycles. The Morgan fingerprint density at radius 1 is 1.13 bits per heavy atom. The van der Waals surface area contributed by atoms with Crippen LogP contribution in [0.1, 0.15) is 19.8 Å². The molecule has 5 rings (SSSR count). The number of anilines is 1. The third-order valence-electron chi connectivity index (χ3n) is 6.07. The first-order valence-corrected chi connectivity index (χ1v) is 11.8. The molecule has 1 aliphatic heterocycles. The Bertz CT molecular complexity index is 1480. The maximum Gasteiger partial charge on any atom is 0.257 e. The van der Waals surface area contributed by atoms with Gasteiger partial charge in [0.15, 0.2) is 11.5 Å². The van der Waals surface area contributed by atoms with Crippen molar-refractivity contribution in [2.45, 2.75) is 19.8 Å². The van der Waals surface area contributed by atoms with Crippen LogP contribution >= 0.6 is 0 Å². The van der Waals surface area contributed by atoms with Crippen molar-refractivity contribution in [2.24, 2.45) is 10.4 Å². The van der Waals surface area contributed by atoms with Gasteiger partial charge in [0.05, 0.1) is 5.52 Å². The Labute approximate surface area is 217 Å². The molecule has 0 unspecified atom stereocenters. The first-order valence-electron chi connectivity index (χ1n) is 11.8. The number of hydrogen-bond acceptors (Lipinski definition) is 8. The van der Waals surface area contributed by atoms with E-state index in [2.05, 4.69) is 32.3 Å². The predicted octanol–water partition coefficient (Wildman–Crippen LogP) is 3.90. The standard InChI is InChI=1S/C27H24FN5O5/c1-16(31-25(34)27(10-11-27)26(35)32-18-6-4-17(28)5-7-18)3-8-22(29-2)38-20-9-12-30-19-15-21-24(33-23(19)20)37-14-13-36-21/h3-9,12,15H,2,10-11,13-14H2,1H3,(H,31,34)(H,32,35)/b16-3+,22-8+. The monoisotopic (exact) mass is 517 g/mol. The lowest BCUT2D eigenvalue weighted by atomic mass is 10.0. The van der Waals surface area contributed by atoms with E-state index in [0.29, 0.717) is 65.9 Å². The molecule has 0 radical (unpaired) electrons. The van der Waals surface area contributed by atoms with Crippen molar-refractivity contribution in [3.63, 3.8) is 0 Å². The molecule has 10 nitrogen and oxygen atoms in total. The molecule has 2 N–H and O–H groups in total. The predicted molar refractivity (Wildman–Crippen MR) is 137 cm³/mol. The zero-order chi connectivity index (χ0) is 26.7. The van der Waals surface area contributed by atoms with Crippen LogP contribution in [0, 0.1) is 11.2 Å². The quantitative estimate of drug-likeness (QED) is 0.201. The van der Waals surface area contributed by atoms with Crippen molar-refractivity contribution in [2.75, 3.05) is 18.5 Å². The van der Waals surface area contributed by atoms with Crippen LogP contribution in [0.2, 0.25) is 0 Å². The van der Waals surface area contributed by atoms with Gasteiger partial charge in [0.2, 0.25) is 17.7 Å². The van der Waals surface area contributed by atoms with Gasteiger partial charge in [0.25, 0.3) is 5.88 Å². The van der Waals surface area contributed by atoms with Crippen LogP contribution in [0.5, 0.6) is 17.4 Å². The molecular formula is C27H24FN5O5. The van der Waals surface area contributed by atoms with Gasteiger partial charge >= 0.3 is 0 Å². The summed E-state index contributed by atoms with van der Waals surface area (Å²) in [4.78, 5) is 38.3. The fraction of sp³-hybridized carbons (Fsp3) is 0.222. The number of ether oxygens (including phenoxy) is 3. The van der Waals surface area contributed by atoms with Crippen LogP contribution in [0.3, 0.4) is 0 Å². The van der Waals surface area contributed by atoms with Gasteiger partial charge in [-0.2, -0.15) is 0 Å². The van der Waals surface area contributed by atoms with E-state index in [1.54, 1.807) is 31.3 Å². The number of carbonyl (C=O) groups is 2. The van der Waals surface area contributed by atoms with E-state index in [4.69, 9.17) is 14.2 Å². The van der Waals surface area contributed by atoms with Gasteiger partial charge in [-0.15, -0.1) is 0 Å². The number of allylic oxidation sites excluding steroid dienone is 3. The summed E-state index contributed by atoms with van der Waals surface area (Å²) < 4.78 is 30.1. The Morgan fingerprint density at radius 3 is 2.63 bits per heavy atom. The zero-order valence-electron chi connectivity index (χ0n) is 20.5. The smallest absolute Gasteiger partial charge is 0.257 e. The Morgan fingerprint density at radius 2 is 1.89 bits per heavy atom. The second-order valence-corrected chi connectivity index (χ2v) is 8.78. The number of nitrogens with zero attached hydrogens (tertiary/aromatic N) is 3. The maximum absolute atomic E-state index is 13.1. The first kappa shape index (κ1) is 24.9. The fourth-order valence-electron chi connectivity index (χ4n) is 3.83. The maximum atomic E-state index is 13.1. The number of aliphatic imine (C=N–C) groups is 1. The summed E-state index contributed by atoms with van der Waals surface area (Å²) in [5.74, 6) is 0.131. The summed E-state index contributed by atoms with van der Waals surface area (Å²) in [6.07, 6.45) is 5.52. The van der Waals surface area contributed by atoms with E-state index in [1.165, 1.54) is 30.3 Å². The average molecular weight is 518 g/mol. The van der Waals surface area contributed by atoms with Crippen molar-refractivity contribution in [1.82, 2.24) is 15.3 Å². The molecule has 2 amide bonds. The van der Waals surface area contributed by atoms with E-state index >= 15 is 0 Å². The summed E-state index contributed by atoms with van der Waals surface area (Å²) in [7, 11) is 0. The molecule has 3 heterocycles. The number of halogens is 1. The Kier molecular flexibility index (Phi) is 6.73. The molecule has 1 fully saturated rings. The SMILES string of the molecule is C=N/C(=C\C=C(/C)NC(=O)C1(C(=O)Nc2ccc(F)cc2)CC1)Oc1ccnc2cc3c(nc12)OCCO3. The second kappa shape index (κ2) is 10.3. The van der Waals surface area contributed by atoms with Gasteiger partial charge in [-0.1, -0.05) is 0 Å². The van der Waals surface area contributed by atoms with Crippen LogP contribution < -0.4 is 24.8 Å². The molecular weight excluding hydrogens is 493 g/mol. The molecule has 1 aromatic carbocycles. The fourth-order valence-corrected chi connectivity index (χ4v) is 3.83. The lowest BCUT2D eigenvalue weighted by Gasteiger charge is -2.18. The molecule has 3 aromatic rings. The molecule has 0 spiro atoms. The van der Waals surface area contributed by atoms with E-state index in [1.807, 2.05) is 0 Å². The number of carbonyl (C=O) groups excluding carboxylic acids is 2. The van der Waals surface area contributed by atoms with E-state index in [-0.39, 0.29) is 5.88 Å². The summed E-state index contributed by atoms with van der Waals surface area (Å²) in [6.45, 7) is 6.06. The van der Waals surface area contributed by atoms with Crippen LogP contribution in [-0.2, 0) is 9.59 Å². The highest BCUT2D eigenvalue weighted by Crippen LogP contribution is 2.47. The molecule has 11 heteroatoms. The number of amides is 2. The molecule has 38 heavy (non-hydrogen) atoms. The highest BCUT2D eigenvalue weighted by atomic mass is 19.1. The third-order valence-corrected chi connectivity index (χ3v) is 6.07. The minimum Gasteiger partial charge on any atom is -0.484 e. The largest absolute Gasteiger partial charge is 0.484 e. The minimum absolute atomic E-state index is 0.151. The molecule has 1 saturated carbocycles. The molecule has 1 aliphatic carbocycles. The highest BCUT2D eigenvalue weighted by molar-refractivity contribution is 6.13. The molecule has 0 bridgehead atoms. The average Bonchev–Trinajstić information content (AvgIpc) is 3.74. The van der Waals surface area contributed by atoms with Gasteiger partial charge in [0.1, 0.15) is 30.0 Å². The second-order valence-electron chi connectivity index (χ2n) is 8.78. The number of benzene rings is 1. The highest BCUT2D eigenvalue weighted by Gasteiger charge is 2.56. The topological polar surface area (TPSA) is 124 Å². The minimum atomic E-state index is -1.17. The number of fused-ring (bicyclic) bond motifs is 2. The molecule has 0 saturated heterocycles. The van der Waals surface area contributed by atoms with Crippen LogP contribution in [-0.4, -0.2) is 41.7 Å². The normalized spacial score (nSPS) is 15.9. The van der Waals surface area contributed by atoms with Gasteiger partial charge in [-0.3, -0.25) is 14.6 Å². The van der Waals surface area contributed by atoms with Crippen LogP contribution in [0.4, 0.5) is 10.1 Å². The number of hydrogen-bond donors (Lipinski definition) is 2. The van der Waals surface area contributed by atoms with E-state index in [9.17, 15) is 14.0 Å². The van der Waals surface area contributed by atoms with Crippen molar-refractivity contribution >= 4 is 35.3 Å². The summed E-state index contributed by atoms with van der Waals surface area (Å²) >= 11 is 0. The first-order chi connectivity index (χ1) is 18.4. The van der Waals surface area contributed by atoms with Gasteiger partial charge in [-0.05, 0) is 56.8 Å². The number of nitrogens with one attached hydrogen (secondary N) is 2. The molecule has 0 atom stereocenters. The van der Waals surface area contributed by atoms with Crippen molar-refractivity contribution in [3.05, 3.63) is 72.1 Å². The number of aromatic nitrogens is 2. The van der Waals surface area contributed by atoms with Crippen molar-refractivity contribution in [3.8, 4) is 17.4 Å². The lowest BCUT2D eigenvalue weighted by molar-refractivity contribution is -0.133. The summed E-state index contributed by atoms with van der Waals surface area (Å²) in [5, 5.41) is 5.43. The summed E-state index contributed by atoms with van der Waals surface area (Å²) in [5.41, 5.74) is 0.738. The lowest BCUT2D eigenvalue weighted by Crippen LogP contribution is -2.39. The van der Waals surface area contributed by atoms with E-state index < -0.39 is 23.0 Å². The Hall–Kier alpha value is -4.80. The van der Waals surface area contributed by atoms with Gasteiger partial charge in [-0.25, -0.2) is 14.4 Å². The number of pyridine rings is 2. The number of rotatable bonds is 8. The van der Waals surface area contributed by atoms with Gasteiger partial charge in [0, 0.05) is 35.8 Å². The van der Waals surface area contributed by atoms with Crippen LogP contribution in [0.15, 0.2) is 71.3 Å². The Balaban J connectivity index is 1.27. The van der Waals surface area contributed by atoms with E-state index in [0.717, 1.165) is 0 Å².